The van der Waals surface area contributed by atoms with Crippen LogP contribution < -0.4 is 0 Å². The molecule has 2 heteroatoms. The summed E-state index contributed by atoms with van der Waals surface area (Å²) in [6, 6.07) is 0.898. The van der Waals surface area contributed by atoms with Gasteiger partial charge in [-0.3, -0.25) is 4.90 Å². The van der Waals surface area contributed by atoms with Crippen molar-refractivity contribution < 1.29 is 0 Å². The van der Waals surface area contributed by atoms with Gasteiger partial charge in [0.25, 0.3) is 0 Å². The molecule has 0 aromatic heterocycles. The third kappa shape index (κ3) is 1.64. The van der Waals surface area contributed by atoms with Crippen LogP contribution in [0, 0.1) is 11.8 Å². The van der Waals surface area contributed by atoms with E-state index in [0.29, 0.717) is 0 Å². The molecule has 1 aliphatic carbocycles. The predicted molar refractivity (Wildman–Crippen MR) is 71.7 cm³/mol. The highest BCUT2D eigenvalue weighted by Crippen LogP contribution is 2.56. The van der Waals surface area contributed by atoms with E-state index < -0.39 is 0 Å². The maximum Gasteiger partial charge on any atom is 0.0594 e. The third-order valence-corrected chi connectivity index (χ3v) is 6.99. The normalized spacial score (nSPS) is 48.0. The van der Waals surface area contributed by atoms with Gasteiger partial charge in [0.05, 0.1) is 5.37 Å². The van der Waals surface area contributed by atoms with Gasteiger partial charge < -0.3 is 0 Å². The lowest BCUT2D eigenvalue weighted by molar-refractivity contribution is 0.231. The Morgan fingerprint density at radius 3 is 2.69 bits per heavy atom. The Morgan fingerprint density at radius 1 is 1.12 bits per heavy atom. The van der Waals surface area contributed by atoms with Gasteiger partial charge in [0.1, 0.15) is 0 Å². The second-order valence-electron chi connectivity index (χ2n) is 5.81. The first-order valence-corrected chi connectivity index (χ1v) is 8.20. The van der Waals surface area contributed by atoms with E-state index in [1.807, 2.05) is 0 Å². The van der Waals surface area contributed by atoms with Crippen molar-refractivity contribution in [2.24, 2.45) is 11.8 Å². The van der Waals surface area contributed by atoms with Gasteiger partial charge in [-0.1, -0.05) is 26.7 Å². The smallest absolute Gasteiger partial charge is 0.0594 e. The van der Waals surface area contributed by atoms with E-state index >= 15 is 0 Å². The van der Waals surface area contributed by atoms with E-state index in [-0.39, 0.29) is 0 Å². The highest BCUT2D eigenvalue weighted by molar-refractivity contribution is 8.00. The van der Waals surface area contributed by atoms with Crippen LogP contribution in [0.25, 0.3) is 0 Å². The van der Waals surface area contributed by atoms with E-state index in [9.17, 15) is 0 Å². The average molecular weight is 239 g/mol. The highest BCUT2D eigenvalue weighted by atomic mass is 32.2. The number of hydrogen-bond donors (Lipinski definition) is 0. The van der Waals surface area contributed by atoms with Crippen molar-refractivity contribution in [1.82, 2.24) is 4.90 Å². The van der Waals surface area contributed by atoms with Gasteiger partial charge in [0.2, 0.25) is 0 Å². The molecule has 16 heavy (non-hydrogen) atoms. The largest absolute Gasteiger partial charge is 0.288 e. The molecule has 0 radical (unpaired) electrons. The average Bonchev–Trinajstić information content (AvgIpc) is 2.83. The number of fused-ring (bicyclic) bond motifs is 3. The number of hydrogen-bond acceptors (Lipinski definition) is 2. The zero-order valence-electron chi connectivity index (χ0n) is 10.7. The second-order valence-corrected chi connectivity index (χ2v) is 7.17. The van der Waals surface area contributed by atoms with Gasteiger partial charge in [-0.05, 0) is 44.1 Å². The van der Waals surface area contributed by atoms with Crippen LogP contribution in [0.1, 0.15) is 52.4 Å². The molecule has 1 saturated carbocycles. The molecule has 0 spiro atoms. The number of likely N-dealkylation sites (tertiary alicyclic amines) is 1. The summed E-state index contributed by atoms with van der Waals surface area (Å²) in [7, 11) is 0. The summed E-state index contributed by atoms with van der Waals surface area (Å²) >= 11 is 2.34. The van der Waals surface area contributed by atoms with Crippen molar-refractivity contribution in [2.45, 2.75) is 69.0 Å². The Kier molecular flexibility index (Phi) is 3.23. The Balaban J connectivity index is 1.77. The van der Waals surface area contributed by atoms with Crippen LogP contribution in [0.4, 0.5) is 0 Å². The fraction of sp³-hybridized carbons (Fsp3) is 1.00. The Bertz CT molecular complexity index is 243. The minimum atomic E-state index is 0.892. The quantitative estimate of drug-likeness (QED) is 0.722. The summed E-state index contributed by atoms with van der Waals surface area (Å²) in [5.74, 6) is 2.12. The zero-order chi connectivity index (χ0) is 11.1. The van der Waals surface area contributed by atoms with Gasteiger partial charge in [0.15, 0.2) is 0 Å². The maximum atomic E-state index is 2.81. The molecule has 0 N–H and O–H groups in total. The van der Waals surface area contributed by atoms with E-state index in [4.69, 9.17) is 0 Å². The first-order chi connectivity index (χ1) is 7.85. The van der Waals surface area contributed by atoms with Gasteiger partial charge in [-0.15, -0.1) is 11.8 Å². The van der Waals surface area contributed by atoms with Crippen LogP contribution >= 0.6 is 11.8 Å². The molecule has 0 aromatic rings. The first-order valence-electron chi connectivity index (χ1n) is 7.26. The number of thioether (sulfide) groups is 1. The summed E-state index contributed by atoms with van der Waals surface area (Å²) in [5.41, 5.74) is 0. The monoisotopic (exact) mass is 239 g/mol. The molecular formula is C14H25NS. The van der Waals surface area contributed by atoms with Gasteiger partial charge in [-0.25, -0.2) is 0 Å². The van der Waals surface area contributed by atoms with Crippen molar-refractivity contribution in [3.05, 3.63) is 0 Å². The van der Waals surface area contributed by atoms with Crippen LogP contribution in [-0.4, -0.2) is 28.1 Å². The molecule has 0 amide bonds. The molecule has 3 rings (SSSR count). The van der Waals surface area contributed by atoms with Crippen molar-refractivity contribution in [2.75, 3.05) is 6.54 Å². The van der Waals surface area contributed by atoms with Crippen molar-refractivity contribution >= 4 is 11.8 Å². The molecule has 0 aromatic carbocycles. The molecule has 0 bridgehead atoms. The molecule has 2 aliphatic heterocycles. The van der Waals surface area contributed by atoms with Gasteiger partial charge >= 0.3 is 0 Å². The Morgan fingerprint density at radius 2 is 1.94 bits per heavy atom. The summed E-state index contributed by atoms with van der Waals surface area (Å²) in [6.45, 7) is 6.00. The van der Waals surface area contributed by atoms with Gasteiger partial charge in [0, 0.05) is 11.3 Å². The Labute approximate surface area is 104 Å². The number of nitrogens with zero attached hydrogens (tertiary/aromatic N) is 1. The SMILES string of the molecule is CCC1CC2C3CCCCC3SC2N1CC. The first kappa shape index (κ1) is 11.4. The van der Waals surface area contributed by atoms with E-state index in [1.54, 1.807) is 0 Å². The summed E-state index contributed by atoms with van der Waals surface area (Å²) in [6.07, 6.45) is 8.91. The lowest BCUT2D eigenvalue weighted by atomic mass is 9.79. The second kappa shape index (κ2) is 4.53. The molecule has 3 aliphatic rings. The van der Waals surface area contributed by atoms with E-state index in [2.05, 4.69) is 30.5 Å². The molecule has 5 atom stereocenters. The molecule has 2 saturated heterocycles. The minimum Gasteiger partial charge on any atom is -0.288 e. The van der Waals surface area contributed by atoms with Crippen molar-refractivity contribution in [3.8, 4) is 0 Å². The fourth-order valence-electron chi connectivity index (χ4n) is 4.39. The summed E-state index contributed by atoms with van der Waals surface area (Å²) in [5, 5.41) is 1.92. The predicted octanol–water partition coefficient (Wildman–Crippen LogP) is 3.74. The standard InChI is InChI=1S/C14H25NS/c1-3-10-9-12-11-7-5-6-8-13(11)16-14(12)15(10)4-2/h10-14H,3-9H2,1-2H3. The van der Waals surface area contributed by atoms with Crippen molar-refractivity contribution in [1.29, 1.82) is 0 Å². The summed E-state index contributed by atoms with van der Waals surface area (Å²) < 4.78 is 0. The van der Waals surface area contributed by atoms with Crippen LogP contribution in [0.2, 0.25) is 0 Å². The molecule has 1 nitrogen and oxygen atoms in total. The van der Waals surface area contributed by atoms with Crippen LogP contribution in [0.15, 0.2) is 0 Å². The summed E-state index contributed by atoms with van der Waals surface area (Å²) in [4.78, 5) is 2.81. The lowest BCUT2D eigenvalue weighted by Crippen LogP contribution is -2.34. The highest BCUT2D eigenvalue weighted by Gasteiger charge is 2.52. The van der Waals surface area contributed by atoms with Gasteiger partial charge in [-0.2, -0.15) is 0 Å². The van der Waals surface area contributed by atoms with Crippen LogP contribution in [0.3, 0.4) is 0 Å². The maximum absolute atomic E-state index is 2.81. The molecule has 2 heterocycles. The van der Waals surface area contributed by atoms with E-state index in [1.165, 1.54) is 45.1 Å². The third-order valence-electron chi connectivity index (χ3n) is 5.16. The number of rotatable bonds is 2. The van der Waals surface area contributed by atoms with Crippen molar-refractivity contribution in [3.63, 3.8) is 0 Å². The molecule has 92 valence electrons. The lowest BCUT2D eigenvalue weighted by Gasteiger charge is -2.29. The molecule has 5 unspecified atom stereocenters. The zero-order valence-corrected chi connectivity index (χ0v) is 11.5. The fourth-order valence-corrected chi connectivity index (χ4v) is 6.58. The topological polar surface area (TPSA) is 3.24 Å². The van der Waals surface area contributed by atoms with Crippen LogP contribution in [-0.2, 0) is 0 Å². The molecule has 3 fully saturated rings. The van der Waals surface area contributed by atoms with E-state index in [0.717, 1.165) is 28.5 Å². The van der Waals surface area contributed by atoms with Crippen LogP contribution in [0.5, 0.6) is 0 Å². The minimum absolute atomic E-state index is 0.892. The Hall–Kier alpha value is 0.310. The molecular weight excluding hydrogens is 214 g/mol.